The van der Waals surface area contributed by atoms with Crippen LogP contribution in [0.25, 0.3) is 0 Å². The highest BCUT2D eigenvalue weighted by atomic mass is 16.5. The highest BCUT2D eigenvalue weighted by Crippen LogP contribution is 2.25. The monoisotopic (exact) mass is 302 g/mol. The third-order valence-electron chi connectivity index (χ3n) is 3.61. The van der Waals surface area contributed by atoms with Crippen molar-refractivity contribution in [3.05, 3.63) is 0 Å². The summed E-state index contributed by atoms with van der Waals surface area (Å²) in [7, 11) is 1.68. The van der Waals surface area contributed by atoms with Crippen LogP contribution in [0.5, 0.6) is 0 Å². The van der Waals surface area contributed by atoms with E-state index in [1.807, 2.05) is 13.8 Å². The first kappa shape index (κ1) is 18.4. The number of ether oxygens (including phenoxy) is 3. The summed E-state index contributed by atoms with van der Waals surface area (Å²) in [5.74, 6) is -0.319. The van der Waals surface area contributed by atoms with E-state index in [0.29, 0.717) is 38.9 Å². The third kappa shape index (κ3) is 7.76. The molecular formula is C15H30N2O4. The summed E-state index contributed by atoms with van der Waals surface area (Å²) in [5.41, 5.74) is 4.83. The van der Waals surface area contributed by atoms with Gasteiger partial charge in [-0.2, -0.15) is 0 Å². The Labute approximate surface area is 127 Å². The van der Waals surface area contributed by atoms with Crippen molar-refractivity contribution in [2.45, 2.75) is 57.2 Å². The number of methoxy groups -OCH3 is 1. The van der Waals surface area contributed by atoms with Crippen LogP contribution in [0.4, 0.5) is 0 Å². The van der Waals surface area contributed by atoms with Gasteiger partial charge in [-0.15, -0.1) is 0 Å². The van der Waals surface area contributed by atoms with Crippen molar-refractivity contribution in [3.8, 4) is 0 Å². The Morgan fingerprint density at radius 2 is 2.05 bits per heavy atom. The maximum Gasteiger partial charge on any atom is 0.237 e. The van der Waals surface area contributed by atoms with E-state index < -0.39 is 5.54 Å². The van der Waals surface area contributed by atoms with Crippen molar-refractivity contribution in [1.29, 1.82) is 0 Å². The van der Waals surface area contributed by atoms with Crippen molar-refractivity contribution < 1.29 is 19.0 Å². The second-order valence-electron chi connectivity index (χ2n) is 5.96. The van der Waals surface area contributed by atoms with Gasteiger partial charge in [0.05, 0.1) is 24.9 Å². The highest BCUT2D eigenvalue weighted by Gasteiger charge is 2.38. The normalized spacial score (nSPS) is 19.2. The van der Waals surface area contributed by atoms with Gasteiger partial charge < -0.3 is 25.3 Å². The van der Waals surface area contributed by atoms with Gasteiger partial charge in [0.1, 0.15) is 0 Å². The molecule has 21 heavy (non-hydrogen) atoms. The molecule has 0 aliphatic heterocycles. The first-order valence-corrected chi connectivity index (χ1v) is 7.74. The van der Waals surface area contributed by atoms with Crippen molar-refractivity contribution in [1.82, 2.24) is 5.32 Å². The van der Waals surface area contributed by atoms with Gasteiger partial charge in [-0.25, -0.2) is 0 Å². The Hall–Kier alpha value is -0.690. The molecule has 1 saturated carbocycles. The topological polar surface area (TPSA) is 82.8 Å². The van der Waals surface area contributed by atoms with Crippen molar-refractivity contribution in [2.75, 3.05) is 33.5 Å². The average Bonchev–Trinajstić information content (AvgIpc) is 3.21. The molecule has 1 fully saturated rings. The van der Waals surface area contributed by atoms with Gasteiger partial charge in [0.15, 0.2) is 0 Å². The Bertz CT molecular complexity index is 310. The van der Waals surface area contributed by atoms with Crippen LogP contribution in [0.3, 0.4) is 0 Å². The third-order valence-corrected chi connectivity index (χ3v) is 3.61. The van der Waals surface area contributed by atoms with Crippen LogP contribution in [0.1, 0.15) is 39.5 Å². The Morgan fingerprint density at radius 1 is 1.33 bits per heavy atom. The van der Waals surface area contributed by atoms with Crippen LogP contribution in [-0.2, 0) is 19.0 Å². The van der Waals surface area contributed by atoms with Gasteiger partial charge in [0, 0.05) is 32.8 Å². The number of amides is 1. The molecular weight excluding hydrogens is 272 g/mol. The zero-order valence-electron chi connectivity index (χ0n) is 13.5. The molecule has 6 nitrogen and oxygen atoms in total. The Morgan fingerprint density at radius 3 is 2.62 bits per heavy atom. The lowest BCUT2D eigenvalue weighted by atomic mass is 9.93. The SMILES string of the molecule is COCCCOCCOC(C)CC(C)(NC1CC1)C(N)=O. The molecule has 0 heterocycles. The number of hydrogen-bond donors (Lipinski definition) is 2. The molecule has 0 bridgehead atoms. The molecule has 1 aliphatic rings. The van der Waals surface area contributed by atoms with Gasteiger partial charge in [-0.1, -0.05) is 0 Å². The number of carbonyl (C=O) groups excluding carboxylic acids is 1. The fraction of sp³-hybridized carbons (Fsp3) is 0.933. The van der Waals surface area contributed by atoms with E-state index in [4.69, 9.17) is 19.9 Å². The predicted molar refractivity (Wildman–Crippen MR) is 81.1 cm³/mol. The standard InChI is InChI=1S/C15H30N2O4/c1-12(21-10-9-20-8-4-7-19-3)11-15(2,14(16)18)17-13-5-6-13/h12-13,17H,4-11H2,1-3H3,(H2,16,18). The second kappa shape index (κ2) is 9.35. The molecule has 1 aliphatic carbocycles. The van der Waals surface area contributed by atoms with Gasteiger partial charge >= 0.3 is 0 Å². The lowest BCUT2D eigenvalue weighted by Gasteiger charge is -2.30. The van der Waals surface area contributed by atoms with Crippen LogP contribution in [0.2, 0.25) is 0 Å². The van der Waals surface area contributed by atoms with Gasteiger partial charge in [-0.05, 0) is 33.1 Å². The first-order chi connectivity index (χ1) is 9.98. The lowest BCUT2D eigenvalue weighted by molar-refractivity contribution is -0.125. The van der Waals surface area contributed by atoms with E-state index in [1.165, 1.54) is 0 Å². The maximum atomic E-state index is 11.7. The number of hydrogen-bond acceptors (Lipinski definition) is 5. The summed E-state index contributed by atoms with van der Waals surface area (Å²) in [6.07, 6.45) is 3.65. The first-order valence-electron chi connectivity index (χ1n) is 7.74. The summed E-state index contributed by atoms with van der Waals surface area (Å²) >= 11 is 0. The second-order valence-corrected chi connectivity index (χ2v) is 5.96. The van der Waals surface area contributed by atoms with Gasteiger partial charge in [-0.3, -0.25) is 4.79 Å². The Balaban J connectivity index is 2.15. The van der Waals surface area contributed by atoms with E-state index in [2.05, 4.69) is 5.32 Å². The summed E-state index contributed by atoms with van der Waals surface area (Å²) in [6.45, 7) is 6.27. The van der Waals surface area contributed by atoms with E-state index in [1.54, 1.807) is 7.11 Å². The summed E-state index contributed by atoms with van der Waals surface area (Å²) in [5, 5.41) is 3.32. The molecule has 0 aromatic rings. The number of nitrogens with one attached hydrogen (secondary N) is 1. The van der Waals surface area contributed by atoms with E-state index in [0.717, 1.165) is 19.3 Å². The molecule has 1 amide bonds. The molecule has 0 spiro atoms. The summed E-state index contributed by atoms with van der Waals surface area (Å²) in [4.78, 5) is 11.7. The maximum absolute atomic E-state index is 11.7. The molecule has 0 radical (unpaired) electrons. The zero-order chi connectivity index (χ0) is 15.7. The zero-order valence-corrected chi connectivity index (χ0v) is 13.5. The minimum atomic E-state index is -0.695. The molecule has 0 saturated heterocycles. The fourth-order valence-electron chi connectivity index (χ4n) is 2.26. The van der Waals surface area contributed by atoms with E-state index in [-0.39, 0.29) is 12.0 Å². The number of primary amides is 1. The fourth-order valence-corrected chi connectivity index (χ4v) is 2.26. The average molecular weight is 302 g/mol. The minimum Gasteiger partial charge on any atom is -0.385 e. The van der Waals surface area contributed by atoms with Crippen LogP contribution >= 0.6 is 0 Å². The van der Waals surface area contributed by atoms with Crippen molar-refractivity contribution in [3.63, 3.8) is 0 Å². The van der Waals surface area contributed by atoms with Crippen LogP contribution < -0.4 is 11.1 Å². The summed E-state index contributed by atoms with van der Waals surface area (Å²) < 4.78 is 16.1. The minimum absolute atomic E-state index is 0.0451. The van der Waals surface area contributed by atoms with E-state index in [9.17, 15) is 4.79 Å². The van der Waals surface area contributed by atoms with E-state index >= 15 is 0 Å². The lowest BCUT2D eigenvalue weighted by Crippen LogP contribution is -2.55. The van der Waals surface area contributed by atoms with Crippen LogP contribution in [-0.4, -0.2) is 57.1 Å². The molecule has 3 N–H and O–H groups in total. The molecule has 2 unspecified atom stereocenters. The number of carbonyl (C=O) groups is 1. The number of rotatable bonds is 13. The quantitative estimate of drug-likeness (QED) is 0.492. The molecule has 124 valence electrons. The summed E-state index contributed by atoms with van der Waals surface area (Å²) in [6, 6.07) is 0.429. The Kier molecular flexibility index (Phi) is 8.18. The predicted octanol–water partition coefficient (Wildman–Crippen LogP) is 0.831. The molecule has 6 heteroatoms. The van der Waals surface area contributed by atoms with Crippen molar-refractivity contribution in [2.24, 2.45) is 5.73 Å². The van der Waals surface area contributed by atoms with Crippen LogP contribution in [0, 0.1) is 0 Å². The largest absolute Gasteiger partial charge is 0.385 e. The number of nitrogens with two attached hydrogens (primary N) is 1. The molecule has 0 aromatic carbocycles. The van der Waals surface area contributed by atoms with Crippen LogP contribution in [0.15, 0.2) is 0 Å². The van der Waals surface area contributed by atoms with Gasteiger partial charge in [0.25, 0.3) is 0 Å². The smallest absolute Gasteiger partial charge is 0.237 e. The molecule has 0 aromatic heterocycles. The molecule has 2 atom stereocenters. The van der Waals surface area contributed by atoms with Crippen molar-refractivity contribution >= 4 is 5.91 Å². The van der Waals surface area contributed by atoms with Gasteiger partial charge in [0.2, 0.25) is 5.91 Å². The highest BCUT2D eigenvalue weighted by molar-refractivity contribution is 5.84. The molecule has 1 rings (SSSR count).